The fraction of sp³-hybridized carbons (Fsp3) is 0.455. The van der Waals surface area contributed by atoms with E-state index in [4.69, 9.17) is 4.74 Å². The maximum Gasteiger partial charge on any atom is 0.270 e. The lowest BCUT2D eigenvalue weighted by Crippen LogP contribution is -2.47. The van der Waals surface area contributed by atoms with E-state index in [1.807, 2.05) is 18.2 Å². The summed E-state index contributed by atoms with van der Waals surface area (Å²) in [5.41, 5.74) is 1.36. The van der Waals surface area contributed by atoms with Gasteiger partial charge >= 0.3 is 0 Å². The quantitative estimate of drug-likeness (QED) is 0.455. The average Bonchev–Trinajstić information content (AvgIpc) is 2.85. The number of ether oxygens (including phenoxy) is 1. The zero-order valence-corrected chi connectivity index (χ0v) is 19.2. The summed E-state index contributed by atoms with van der Waals surface area (Å²) >= 11 is 0. The van der Waals surface area contributed by atoms with E-state index in [0.717, 1.165) is 38.8 Å². The minimum absolute atomic E-state index is 0.0625. The van der Waals surface area contributed by atoms with E-state index in [1.54, 1.807) is 0 Å². The van der Waals surface area contributed by atoms with Crippen LogP contribution < -0.4 is 10.2 Å². The Kier molecular flexibility index (Phi) is 7.43. The topological polar surface area (TPSA) is 108 Å². The second-order valence-corrected chi connectivity index (χ2v) is 9.95. The van der Waals surface area contributed by atoms with E-state index in [0.29, 0.717) is 25.4 Å². The standard InChI is InChI=1S/C22H29N5O5S/c28-27(29)20-6-7-21(22(18-20)33(30,31)26-14-16-32-17-15-26)23-8-9-24-10-12-25(13-11-24)19-4-2-1-3-5-19/h1-7,18,23H,8-17H2. The molecule has 0 unspecified atom stereocenters. The summed E-state index contributed by atoms with van der Waals surface area (Å²) < 4.78 is 33.0. The van der Waals surface area contributed by atoms with Crippen LogP contribution in [0.15, 0.2) is 53.4 Å². The molecule has 10 nitrogen and oxygen atoms in total. The van der Waals surface area contributed by atoms with Gasteiger partial charge in [-0.05, 0) is 18.2 Å². The fourth-order valence-electron chi connectivity index (χ4n) is 4.13. The molecule has 0 saturated carbocycles. The van der Waals surface area contributed by atoms with Crippen molar-refractivity contribution >= 4 is 27.1 Å². The van der Waals surface area contributed by atoms with Crippen molar-refractivity contribution in [1.29, 1.82) is 0 Å². The third-order valence-corrected chi connectivity index (χ3v) is 7.94. The highest BCUT2D eigenvalue weighted by molar-refractivity contribution is 7.89. The van der Waals surface area contributed by atoms with Gasteiger partial charge in [-0.3, -0.25) is 15.0 Å². The maximum atomic E-state index is 13.2. The van der Waals surface area contributed by atoms with Gasteiger partial charge < -0.3 is 15.0 Å². The Morgan fingerprint density at radius 1 is 0.970 bits per heavy atom. The Balaban J connectivity index is 1.39. The summed E-state index contributed by atoms with van der Waals surface area (Å²) in [6.07, 6.45) is 0. The Hall–Kier alpha value is -2.73. The van der Waals surface area contributed by atoms with Gasteiger partial charge in [0, 0.05) is 70.2 Å². The number of hydrogen-bond acceptors (Lipinski definition) is 8. The van der Waals surface area contributed by atoms with Crippen LogP contribution in [-0.2, 0) is 14.8 Å². The first-order chi connectivity index (χ1) is 15.9. The molecular formula is C22H29N5O5S. The minimum atomic E-state index is -3.88. The number of nitrogens with zero attached hydrogens (tertiary/aromatic N) is 4. The molecule has 0 atom stereocenters. The van der Waals surface area contributed by atoms with Crippen LogP contribution in [-0.4, -0.2) is 88.1 Å². The molecule has 0 amide bonds. The van der Waals surface area contributed by atoms with Gasteiger partial charge in [-0.15, -0.1) is 0 Å². The third-order valence-electron chi connectivity index (χ3n) is 6.00. The first-order valence-corrected chi connectivity index (χ1v) is 12.5. The zero-order chi connectivity index (χ0) is 23.3. The third kappa shape index (κ3) is 5.61. The van der Waals surface area contributed by atoms with Gasteiger partial charge in [0.15, 0.2) is 0 Å². The van der Waals surface area contributed by atoms with Crippen molar-refractivity contribution in [2.24, 2.45) is 0 Å². The fourth-order valence-corrected chi connectivity index (χ4v) is 5.72. The normalized spacial score (nSPS) is 18.2. The summed E-state index contributed by atoms with van der Waals surface area (Å²) in [5, 5.41) is 14.5. The second-order valence-electron chi connectivity index (χ2n) is 8.05. The van der Waals surface area contributed by atoms with Gasteiger partial charge in [0.2, 0.25) is 10.0 Å². The van der Waals surface area contributed by atoms with E-state index in [2.05, 4.69) is 27.2 Å². The van der Waals surface area contributed by atoms with E-state index in [1.165, 1.54) is 22.1 Å². The summed E-state index contributed by atoms with van der Waals surface area (Å²) in [4.78, 5) is 15.3. The van der Waals surface area contributed by atoms with E-state index < -0.39 is 14.9 Å². The molecule has 0 radical (unpaired) electrons. The smallest absolute Gasteiger partial charge is 0.270 e. The lowest BCUT2D eigenvalue weighted by Gasteiger charge is -2.36. The molecule has 0 aromatic heterocycles. The summed E-state index contributed by atoms with van der Waals surface area (Å²) in [7, 11) is -3.88. The Labute approximate surface area is 193 Å². The van der Waals surface area contributed by atoms with Gasteiger partial charge in [0.05, 0.1) is 23.8 Å². The first-order valence-electron chi connectivity index (χ1n) is 11.1. The number of anilines is 2. The number of morpholine rings is 1. The van der Waals surface area contributed by atoms with Crippen LogP contribution in [0.25, 0.3) is 0 Å². The number of nitro benzene ring substituents is 1. The van der Waals surface area contributed by atoms with Crippen molar-refractivity contribution in [3.63, 3.8) is 0 Å². The number of piperazine rings is 1. The van der Waals surface area contributed by atoms with Crippen LogP contribution in [0.1, 0.15) is 0 Å². The van der Waals surface area contributed by atoms with E-state index >= 15 is 0 Å². The number of hydrogen-bond donors (Lipinski definition) is 1. The van der Waals surface area contributed by atoms with Crippen molar-refractivity contribution in [2.45, 2.75) is 4.90 Å². The Bertz CT molecular complexity index is 1050. The predicted octanol–water partition coefficient (Wildman–Crippen LogP) is 1.85. The van der Waals surface area contributed by atoms with Gasteiger partial charge in [0.1, 0.15) is 4.90 Å². The van der Waals surface area contributed by atoms with Crippen LogP contribution in [0.3, 0.4) is 0 Å². The lowest BCUT2D eigenvalue weighted by atomic mass is 10.2. The molecule has 2 aromatic rings. The number of non-ortho nitro benzene ring substituents is 1. The Morgan fingerprint density at radius 2 is 1.67 bits per heavy atom. The van der Waals surface area contributed by atoms with Crippen molar-refractivity contribution in [2.75, 3.05) is 75.8 Å². The summed E-state index contributed by atoms with van der Waals surface area (Å²) in [5.74, 6) is 0. The molecule has 2 fully saturated rings. The molecule has 33 heavy (non-hydrogen) atoms. The van der Waals surface area contributed by atoms with Crippen LogP contribution in [0, 0.1) is 10.1 Å². The van der Waals surface area contributed by atoms with Crippen molar-refractivity contribution < 1.29 is 18.1 Å². The number of benzene rings is 2. The van der Waals surface area contributed by atoms with Crippen molar-refractivity contribution in [3.05, 3.63) is 58.6 Å². The molecule has 0 aliphatic carbocycles. The number of rotatable bonds is 8. The summed E-state index contributed by atoms with van der Waals surface area (Å²) in [6.45, 7) is 6.05. The zero-order valence-electron chi connectivity index (χ0n) is 18.4. The molecule has 2 aliphatic rings. The lowest BCUT2D eigenvalue weighted by molar-refractivity contribution is -0.385. The van der Waals surface area contributed by atoms with Crippen LogP contribution >= 0.6 is 0 Å². The van der Waals surface area contributed by atoms with Gasteiger partial charge in [-0.1, -0.05) is 18.2 Å². The highest BCUT2D eigenvalue weighted by Crippen LogP contribution is 2.29. The number of nitrogens with one attached hydrogen (secondary N) is 1. The van der Waals surface area contributed by atoms with Crippen LogP contribution in [0.5, 0.6) is 0 Å². The molecule has 2 heterocycles. The van der Waals surface area contributed by atoms with Gasteiger partial charge in [0.25, 0.3) is 5.69 Å². The summed E-state index contributed by atoms with van der Waals surface area (Å²) in [6, 6.07) is 14.3. The first kappa shape index (κ1) is 23.4. The molecule has 1 N–H and O–H groups in total. The monoisotopic (exact) mass is 475 g/mol. The molecule has 2 saturated heterocycles. The van der Waals surface area contributed by atoms with E-state index in [-0.39, 0.29) is 23.7 Å². The minimum Gasteiger partial charge on any atom is -0.383 e. The largest absolute Gasteiger partial charge is 0.383 e. The molecule has 178 valence electrons. The van der Waals surface area contributed by atoms with Gasteiger partial charge in [-0.2, -0.15) is 4.31 Å². The molecule has 2 aliphatic heterocycles. The second kappa shape index (κ2) is 10.5. The number of nitro groups is 1. The molecule has 4 rings (SSSR count). The molecule has 0 spiro atoms. The molecule has 0 bridgehead atoms. The van der Waals surface area contributed by atoms with Gasteiger partial charge in [-0.25, -0.2) is 8.42 Å². The van der Waals surface area contributed by atoms with Crippen molar-refractivity contribution in [3.8, 4) is 0 Å². The molecule has 11 heteroatoms. The average molecular weight is 476 g/mol. The SMILES string of the molecule is O=[N+]([O-])c1ccc(NCCN2CCN(c3ccccc3)CC2)c(S(=O)(=O)N2CCOCC2)c1. The Morgan fingerprint density at radius 3 is 2.33 bits per heavy atom. The van der Waals surface area contributed by atoms with Crippen molar-refractivity contribution in [1.82, 2.24) is 9.21 Å². The molecular weight excluding hydrogens is 446 g/mol. The molecule has 2 aromatic carbocycles. The van der Waals surface area contributed by atoms with E-state index in [9.17, 15) is 18.5 Å². The highest BCUT2D eigenvalue weighted by Gasteiger charge is 2.30. The number of para-hydroxylation sites is 1. The maximum absolute atomic E-state index is 13.2. The van der Waals surface area contributed by atoms with Crippen LogP contribution in [0.4, 0.5) is 17.1 Å². The van der Waals surface area contributed by atoms with Crippen LogP contribution in [0.2, 0.25) is 0 Å². The number of sulfonamides is 1. The highest BCUT2D eigenvalue weighted by atomic mass is 32.2. The predicted molar refractivity (Wildman–Crippen MR) is 126 cm³/mol.